The second-order valence-corrected chi connectivity index (χ2v) is 3.40. The second-order valence-electron chi connectivity index (χ2n) is 3.01. The Morgan fingerprint density at radius 3 is 2.93 bits per heavy atom. The lowest BCUT2D eigenvalue weighted by molar-refractivity contribution is -0.410. The molecule has 15 heavy (non-hydrogen) atoms. The van der Waals surface area contributed by atoms with Crippen molar-refractivity contribution in [2.75, 3.05) is 0 Å². The van der Waals surface area contributed by atoms with Crippen LogP contribution in [0.3, 0.4) is 0 Å². The summed E-state index contributed by atoms with van der Waals surface area (Å²) in [7, 11) is 0. The lowest BCUT2D eigenvalue weighted by atomic mass is 10.2. The minimum atomic E-state index is -0.622. The quantitative estimate of drug-likeness (QED) is 0.482. The zero-order chi connectivity index (χ0) is 10.8. The molecule has 1 aromatic carbocycles. The molecule has 4 nitrogen and oxygen atoms in total. The van der Waals surface area contributed by atoms with E-state index in [1.54, 1.807) is 6.20 Å². The first-order valence-corrected chi connectivity index (χ1v) is 4.64. The van der Waals surface area contributed by atoms with Crippen LogP contribution in [0.1, 0.15) is 5.56 Å². The van der Waals surface area contributed by atoms with Crippen LogP contribution < -0.4 is 0 Å². The third-order valence-electron chi connectivity index (χ3n) is 2.07. The number of nitrogens with zero attached hydrogens (tertiary/aromatic N) is 1. The van der Waals surface area contributed by atoms with Gasteiger partial charge in [-0.15, -0.1) is 0 Å². The minimum Gasteiger partial charge on any atom is -0.361 e. The zero-order valence-electron chi connectivity index (χ0n) is 7.61. The van der Waals surface area contributed by atoms with Gasteiger partial charge >= 0.3 is 5.16 Å². The fraction of sp³-hybridized carbons (Fsp3) is 0. The number of nitro groups is 1. The summed E-state index contributed by atoms with van der Waals surface area (Å²) in [5.41, 5.74) is 1.64. The molecule has 2 rings (SSSR count). The predicted octanol–water partition coefficient (Wildman–Crippen LogP) is 2.98. The minimum absolute atomic E-state index is 0.389. The van der Waals surface area contributed by atoms with Gasteiger partial charge in [0.25, 0.3) is 0 Å². The molecule has 0 bridgehead atoms. The highest BCUT2D eigenvalue weighted by molar-refractivity contribution is 6.30. The van der Waals surface area contributed by atoms with Crippen molar-refractivity contribution >= 4 is 28.6 Å². The highest BCUT2D eigenvalue weighted by Crippen LogP contribution is 2.21. The van der Waals surface area contributed by atoms with Crippen LogP contribution in [0, 0.1) is 10.1 Å². The first kappa shape index (κ1) is 9.73. The van der Waals surface area contributed by atoms with Crippen molar-refractivity contribution in [1.82, 2.24) is 4.98 Å². The Balaban J connectivity index is 2.54. The molecule has 5 heteroatoms. The fourth-order valence-corrected chi connectivity index (χ4v) is 1.51. The fourth-order valence-electron chi connectivity index (χ4n) is 1.39. The van der Waals surface area contributed by atoms with Gasteiger partial charge in [-0.25, -0.2) is 0 Å². The number of halogens is 1. The van der Waals surface area contributed by atoms with E-state index >= 15 is 0 Å². The van der Waals surface area contributed by atoms with Crippen molar-refractivity contribution in [3.63, 3.8) is 0 Å². The number of aromatic nitrogens is 1. The monoisotopic (exact) mass is 222 g/mol. The first-order chi connectivity index (χ1) is 7.18. The summed E-state index contributed by atoms with van der Waals surface area (Å²) < 4.78 is 0. The van der Waals surface area contributed by atoms with E-state index in [0.29, 0.717) is 5.56 Å². The van der Waals surface area contributed by atoms with Crippen molar-refractivity contribution in [1.29, 1.82) is 0 Å². The smallest absolute Gasteiger partial charge is 0.337 e. The molecule has 1 heterocycles. The Bertz CT molecular complexity index is 545. The Hall–Kier alpha value is -1.81. The van der Waals surface area contributed by atoms with E-state index < -0.39 is 4.92 Å². The van der Waals surface area contributed by atoms with E-state index in [4.69, 9.17) is 11.6 Å². The second kappa shape index (κ2) is 3.74. The number of H-pyrrole nitrogens is 1. The molecule has 0 saturated carbocycles. The molecule has 0 fully saturated rings. The van der Waals surface area contributed by atoms with Gasteiger partial charge in [-0.05, 0) is 17.7 Å². The van der Waals surface area contributed by atoms with Crippen LogP contribution in [0.15, 0.2) is 35.6 Å². The number of fused-ring (bicyclic) bond motifs is 1. The molecule has 0 aliphatic rings. The third-order valence-corrected chi connectivity index (χ3v) is 2.32. The SMILES string of the molecule is O=[N+]([O-])/C(Cl)=C/c1c[nH]c2ccccc12. The first-order valence-electron chi connectivity index (χ1n) is 4.26. The molecule has 76 valence electrons. The molecule has 0 aliphatic heterocycles. The molecule has 1 aromatic heterocycles. The molecule has 0 spiro atoms. The maximum atomic E-state index is 10.4. The van der Waals surface area contributed by atoms with Gasteiger partial charge in [-0.3, -0.25) is 10.1 Å². The van der Waals surface area contributed by atoms with Crippen LogP contribution in [0.2, 0.25) is 0 Å². The summed E-state index contributed by atoms with van der Waals surface area (Å²) in [5, 5.41) is 10.9. The summed E-state index contributed by atoms with van der Waals surface area (Å²) in [6.45, 7) is 0. The number of benzene rings is 1. The maximum Gasteiger partial charge on any atom is 0.337 e. The number of hydrogen-bond acceptors (Lipinski definition) is 2. The number of para-hydroxylation sites is 1. The molecular weight excluding hydrogens is 216 g/mol. The van der Waals surface area contributed by atoms with Gasteiger partial charge in [-0.1, -0.05) is 18.2 Å². The number of aromatic amines is 1. The molecule has 0 radical (unpaired) electrons. The molecule has 2 aromatic rings. The van der Waals surface area contributed by atoms with Crippen molar-refractivity contribution in [3.8, 4) is 0 Å². The third kappa shape index (κ3) is 1.85. The van der Waals surface area contributed by atoms with E-state index in [0.717, 1.165) is 10.9 Å². The summed E-state index contributed by atoms with van der Waals surface area (Å²) >= 11 is 5.46. The highest BCUT2D eigenvalue weighted by Gasteiger charge is 2.08. The Labute approximate surface area is 90.3 Å². The van der Waals surface area contributed by atoms with Crippen LogP contribution in [0.4, 0.5) is 0 Å². The lowest BCUT2D eigenvalue weighted by Crippen LogP contribution is -1.89. The largest absolute Gasteiger partial charge is 0.361 e. The molecule has 0 unspecified atom stereocenters. The molecular formula is C10H7ClN2O2. The van der Waals surface area contributed by atoms with E-state index in [1.807, 2.05) is 24.3 Å². The predicted molar refractivity (Wildman–Crippen MR) is 59.1 cm³/mol. The number of rotatable bonds is 2. The van der Waals surface area contributed by atoms with Gasteiger partial charge in [0.15, 0.2) is 0 Å². The van der Waals surface area contributed by atoms with Crippen molar-refractivity contribution in [2.24, 2.45) is 0 Å². The average Bonchev–Trinajstić information content (AvgIpc) is 2.62. The standard InChI is InChI=1S/C10H7ClN2O2/c11-10(13(14)15)5-7-6-12-9-4-2-1-3-8(7)9/h1-6,12H/b10-5+. The van der Waals surface area contributed by atoms with E-state index in [-0.39, 0.29) is 5.16 Å². The molecule has 0 amide bonds. The van der Waals surface area contributed by atoms with E-state index in [2.05, 4.69) is 4.98 Å². The van der Waals surface area contributed by atoms with E-state index in [1.165, 1.54) is 6.08 Å². The van der Waals surface area contributed by atoms with Gasteiger partial charge in [0, 0.05) is 28.7 Å². The Morgan fingerprint density at radius 2 is 2.20 bits per heavy atom. The van der Waals surface area contributed by atoms with Crippen LogP contribution >= 0.6 is 11.6 Å². The molecule has 0 saturated heterocycles. The van der Waals surface area contributed by atoms with Crippen LogP contribution in [-0.4, -0.2) is 9.91 Å². The van der Waals surface area contributed by atoms with E-state index in [9.17, 15) is 10.1 Å². The molecule has 0 aliphatic carbocycles. The van der Waals surface area contributed by atoms with Crippen LogP contribution in [-0.2, 0) is 0 Å². The van der Waals surface area contributed by atoms with Crippen molar-refractivity contribution in [3.05, 3.63) is 51.3 Å². The van der Waals surface area contributed by atoms with Crippen molar-refractivity contribution < 1.29 is 4.92 Å². The summed E-state index contributed by atoms with van der Waals surface area (Å²) in [4.78, 5) is 12.7. The summed E-state index contributed by atoms with van der Waals surface area (Å²) in [5.74, 6) is 0. The van der Waals surface area contributed by atoms with Crippen LogP contribution in [0.5, 0.6) is 0 Å². The Kier molecular flexibility index (Phi) is 2.43. The van der Waals surface area contributed by atoms with Gasteiger partial charge in [0.2, 0.25) is 0 Å². The van der Waals surface area contributed by atoms with Crippen LogP contribution in [0.25, 0.3) is 17.0 Å². The lowest BCUT2D eigenvalue weighted by Gasteiger charge is -1.90. The molecule has 0 atom stereocenters. The summed E-state index contributed by atoms with van der Waals surface area (Å²) in [6, 6.07) is 7.53. The summed E-state index contributed by atoms with van der Waals surface area (Å²) in [6.07, 6.45) is 3.02. The van der Waals surface area contributed by atoms with Gasteiger partial charge in [0.05, 0.1) is 4.92 Å². The highest BCUT2D eigenvalue weighted by atomic mass is 35.5. The van der Waals surface area contributed by atoms with Gasteiger partial charge < -0.3 is 4.98 Å². The average molecular weight is 223 g/mol. The van der Waals surface area contributed by atoms with Gasteiger partial charge in [0.1, 0.15) is 0 Å². The Morgan fingerprint density at radius 1 is 1.47 bits per heavy atom. The zero-order valence-corrected chi connectivity index (χ0v) is 8.36. The van der Waals surface area contributed by atoms with Crippen molar-refractivity contribution in [2.45, 2.75) is 0 Å². The number of hydrogen-bond donors (Lipinski definition) is 1. The molecule has 1 N–H and O–H groups in total. The normalized spacial score (nSPS) is 11.9. The van der Waals surface area contributed by atoms with Gasteiger partial charge in [-0.2, -0.15) is 0 Å². The maximum absolute atomic E-state index is 10.4. The number of nitrogens with one attached hydrogen (secondary N) is 1. The topological polar surface area (TPSA) is 58.9 Å².